The van der Waals surface area contributed by atoms with E-state index in [0.29, 0.717) is 11.5 Å². The number of pyridine rings is 1. The number of rotatable bonds is 3. The van der Waals surface area contributed by atoms with Gasteiger partial charge < -0.3 is 10.3 Å². The van der Waals surface area contributed by atoms with Crippen molar-refractivity contribution in [1.82, 2.24) is 30.5 Å². The van der Waals surface area contributed by atoms with E-state index in [-0.39, 0.29) is 5.82 Å². The van der Waals surface area contributed by atoms with Gasteiger partial charge in [0.25, 0.3) is 0 Å². The number of hydrogen-bond acceptors (Lipinski definition) is 4. The summed E-state index contributed by atoms with van der Waals surface area (Å²) in [5.74, 6) is 0.356. The van der Waals surface area contributed by atoms with Gasteiger partial charge in [-0.15, -0.1) is 0 Å². The van der Waals surface area contributed by atoms with Crippen LogP contribution in [-0.4, -0.2) is 38.2 Å². The van der Waals surface area contributed by atoms with Gasteiger partial charge in [0.15, 0.2) is 11.5 Å². The topological polar surface area (TPSA) is 82.3 Å². The van der Waals surface area contributed by atoms with E-state index in [4.69, 9.17) is 0 Å². The van der Waals surface area contributed by atoms with Crippen molar-refractivity contribution in [3.63, 3.8) is 0 Å². The van der Waals surface area contributed by atoms with Gasteiger partial charge in [-0.05, 0) is 60.0 Å². The molecule has 0 amide bonds. The molecule has 0 bridgehead atoms. The first-order chi connectivity index (χ1) is 15.3. The monoisotopic (exact) mass is 410 g/mol. The van der Waals surface area contributed by atoms with E-state index >= 15 is 0 Å². The van der Waals surface area contributed by atoms with Gasteiger partial charge in [-0.1, -0.05) is 24.3 Å². The maximum atomic E-state index is 13.8. The fourth-order valence-corrected chi connectivity index (χ4v) is 4.20. The normalized spacial score (nSPS) is 14.3. The van der Waals surface area contributed by atoms with Gasteiger partial charge in [0.05, 0.1) is 11.0 Å². The Morgan fingerprint density at radius 2 is 1.97 bits per heavy atom. The first kappa shape index (κ1) is 18.0. The van der Waals surface area contributed by atoms with Crippen molar-refractivity contribution in [3.05, 3.63) is 72.2 Å². The van der Waals surface area contributed by atoms with Crippen LogP contribution in [0.25, 0.3) is 50.3 Å². The van der Waals surface area contributed by atoms with E-state index in [1.165, 1.54) is 23.3 Å². The van der Waals surface area contributed by atoms with Gasteiger partial charge in [0, 0.05) is 23.7 Å². The average molecular weight is 410 g/mol. The maximum absolute atomic E-state index is 13.8. The van der Waals surface area contributed by atoms with E-state index in [1.54, 1.807) is 12.3 Å². The SMILES string of the molecule is Fc1cccc(-c2ccnc3nc(-c4n[nH]c5ccc(C6=CCNCC6)cc45)[nH]c23)c1. The van der Waals surface area contributed by atoms with Crippen LogP contribution in [0.4, 0.5) is 4.39 Å². The highest BCUT2D eigenvalue weighted by Crippen LogP contribution is 2.32. The van der Waals surface area contributed by atoms with Crippen LogP contribution in [0.3, 0.4) is 0 Å². The standard InChI is InChI=1S/C24H19FN6/c25-17-3-1-2-16(12-17)18-8-11-27-23-21(18)28-24(29-23)22-19-13-15(4-5-20(19)30-31-22)14-6-9-26-10-7-14/h1-6,8,11-13,26H,7,9-10H2,(H,30,31)(H,27,28,29). The lowest BCUT2D eigenvalue weighted by molar-refractivity contribution is 0.628. The zero-order valence-corrected chi connectivity index (χ0v) is 16.6. The van der Waals surface area contributed by atoms with E-state index in [2.05, 4.69) is 54.7 Å². The molecule has 0 spiro atoms. The number of hydrogen-bond donors (Lipinski definition) is 3. The number of nitrogens with one attached hydrogen (secondary N) is 3. The quantitative estimate of drug-likeness (QED) is 0.403. The molecule has 0 fully saturated rings. The molecule has 0 saturated heterocycles. The predicted molar refractivity (Wildman–Crippen MR) is 120 cm³/mol. The van der Waals surface area contributed by atoms with Crippen LogP contribution < -0.4 is 5.32 Å². The Morgan fingerprint density at radius 1 is 1.00 bits per heavy atom. The highest BCUT2D eigenvalue weighted by Gasteiger charge is 2.17. The van der Waals surface area contributed by atoms with Crippen molar-refractivity contribution in [3.8, 4) is 22.6 Å². The number of halogens is 1. The number of aromatic amines is 2. The van der Waals surface area contributed by atoms with Gasteiger partial charge in [-0.3, -0.25) is 5.10 Å². The Kier molecular flexibility index (Phi) is 4.14. The molecule has 4 heterocycles. The number of imidazole rings is 1. The van der Waals surface area contributed by atoms with Gasteiger partial charge in [0.2, 0.25) is 0 Å². The molecule has 0 radical (unpaired) electrons. The number of aromatic nitrogens is 5. The summed E-state index contributed by atoms with van der Waals surface area (Å²) in [6.45, 7) is 1.88. The Bertz CT molecular complexity index is 1460. The van der Waals surface area contributed by atoms with Gasteiger partial charge in [0.1, 0.15) is 11.5 Å². The van der Waals surface area contributed by atoms with E-state index < -0.39 is 0 Å². The summed E-state index contributed by atoms with van der Waals surface area (Å²) >= 11 is 0. The average Bonchev–Trinajstić information content (AvgIpc) is 3.43. The molecule has 0 saturated carbocycles. The van der Waals surface area contributed by atoms with Crippen LogP contribution in [-0.2, 0) is 0 Å². The summed E-state index contributed by atoms with van der Waals surface area (Å²) in [4.78, 5) is 12.5. The predicted octanol–water partition coefficient (Wildman–Crippen LogP) is 4.68. The molecule has 1 aliphatic heterocycles. The van der Waals surface area contributed by atoms with E-state index in [1.807, 2.05) is 12.1 Å². The van der Waals surface area contributed by atoms with Crippen molar-refractivity contribution < 1.29 is 4.39 Å². The molecule has 2 aromatic carbocycles. The second kappa shape index (κ2) is 7.14. The maximum Gasteiger partial charge on any atom is 0.178 e. The van der Waals surface area contributed by atoms with Crippen LogP contribution in [0.5, 0.6) is 0 Å². The highest BCUT2D eigenvalue weighted by atomic mass is 19.1. The summed E-state index contributed by atoms with van der Waals surface area (Å²) in [6, 6.07) is 14.7. The van der Waals surface area contributed by atoms with Gasteiger partial charge >= 0.3 is 0 Å². The van der Waals surface area contributed by atoms with Gasteiger partial charge in [-0.25, -0.2) is 14.4 Å². The smallest absolute Gasteiger partial charge is 0.178 e. The molecular formula is C24H19FN6. The molecule has 0 aliphatic carbocycles. The van der Waals surface area contributed by atoms with Crippen LogP contribution in [0.2, 0.25) is 0 Å². The van der Waals surface area contributed by atoms with Crippen molar-refractivity contribution >= 4 is 27.6 Å². The molecule has 1 aliphatic rings. The van der Waals surface area contributed by atoms with Crippen molar-refractivity contribution in [2.24, 2.45) is 0 Å². The zero-order valence-electron chi connectivity index (χ0n) is 16.6. The number of nitrogens with zero attached hydrogens (tertiary/aromatic N) is 3. The number of fused-ring (bicyclic) bond motifs is 2. The molecule has 7 heteroatoms. The number of benzene rings is 2. The van der Waals surface area contributed by atoms with Crippen molar-refractivity contribution in [2.45, 2.75) is 6.42 Å². The molecule has 0 atom stereocenters. The Balaban J connectivity index is 1.49. The summed E-state index contributed by atoms with van der Waals surface area (Å²) in [7, 11) is 0. The highest BCUT2D eigenvalue weighted by molar-refractivity contribution is 5.97. The molecular weight excluding hydrogens is 391 g/mol. The molecule has 3 N–H and O–H groups in total. The summed E-state index contributed by atoms with van der Waals surface area (Å²) < 4.78 is 13.8. The molecule has 6 rings (SSSR count). The molecule has 31 heavy (non-hydrogen) atoms. The minimum Gasteiger partial charge on any atom is -0.335 e. The third-order valence-electron chi connectivity index (χ3n) is 5.75. The fourth-order valence-electron chi connectivity index (χ4n) is 4.20. The first-order valence-corrected chi connectivity index (χ1v) is 10.3. The third kappa shape index (κ3) is 3.10. The lowest BCUT2D eigenvalue weighted by Gasteiger charge is -2.14. The minimum absolute atomic E-state index is 0.278. The van der Waals surface area contributed by atoms with Crippen LogP contribution in [0.15, 0.2) is 60.8 Å². The molecule has 6 nitrogen and oxygen atoms in total. The largest absolute Gasteiger partial charge is 0.335 e. The Morgan fingerprint density at radius 3 is 2.84 bits per heavy atom. The fraction of sp³-hybridized carbons (Fsp3) is 0.125. The second-order valence-electron chi connectivity index (χ2n) is 7.67. The summed E-state index contributed by atoms with van der Waals surface area (Å²) in [6.07, 6.45) is 4.93. The first-order valence-electron chi connectivity index (χ1n) is 10.3. The second-order valence-corrected chi connectivity index (χ2v) is 7.67. The van der Waals surface area contributed by atoms with Crippen LogP contribution in [0, 0.1) is 5.82 Å². The minimum atomic E-state index is -0.278. The number of H-pyrrole nitrogens is 2. The lowest BCUT2D eigenvalue weighted by atomic mass is 9.98. The summed E-state index contributed by atoms with van der Waals surface area (Å²) in [5, 5.41) is 12.0. The van der Waals surface area contributed by atoms with Gasteiger partial charge in [-0.2, -0.15) is 5.10 Å². The molecule has 5 aromatic rings. The lowest BCUT2D eigenvalue weighted by Crippen LogP contribution is -2.19. The van der Waals surface area contributed by atoms with E-state index in [0.717, 1.165) is 52.8 Å². The third-order valence-corrected chi connectivity index (χ3v) is 5.75. The molecule has 0 unspecified atom stereocenters. The van der Waals surface area contributed by atoms with Crippen LogP contribution >= 0.6 is 0 Å². The van der Waals surface area contributed by atoms with Crippen molar-refractivity contribution in [1.29, 1.82) is 0 Å². The Hall–Kier alpha value is -3.84. The van der Waals surface area contributed by atoms with Crippen molar-refractivity contribution in [2.75, 3.05) is 13.1 Å². The summed E-state index contributed by atoms with van der Waals surface area (Å²) in [5.41, 5.74) is 7.19. The zero-order chi connectivity index (χ0) is 20.8. The molecule has 152 valence electrons. The molecule has 3 aromatic heterocycles. The van der Waals surface area contributed by atoms with Crippen LogP contribution in [0.1, 0.15) is 12.0 Å². The Labute approximate surface area is 177 Å². The van der Waals surface area contributed by atoms with E-state index in [9.17, 15) is 4.39 Å².